The molecule has 2 unspecified atom stereocenters. The number of nitrogens with zero attached hydrogens (tertiary/aromatic N) is 1. The topological polar surface area (TPSA) is 95.7 Å². The van der Waals surface area contributed by atoms with Crippen molar-refractivity contribution < 1.29 is 14.7 Å². The molecule has 16 heavy (non-hydrogen) atoms. The number of aliphatic carboxylic acids is 1. The summed E-state index contributed by atoms with van der Waals surface area (Å²) in [5, 5.41) is 11.7. The van der Waals surface area contributed by atoms with Crippen molar-refractivity contribution in [3.63, 3.8) is 0 Å². The first kappa shape index (κ1) is 12.8. The van der Waals surface area contributed by atoms with Crippen molar-refractivity contribution in [1.29, 1.82) is 0 Å². The molecule has 0 bridgehead atoms. The smallest absolute Gasteiger partial charge is 0.326 e. The van der Waals surface area contributed by atoms with Crippen LogP contribution in [-0.2, 0) is 4.79 Å². The lowest BCUT2D eigenvalue weighted by molar-refractivity contribution is -0.142. The van der Waals surface area contributed by atoms with Crippen LogP contribution in [0.15, 0.2) is 0 Å². The summed E-state index contributed by atoms with van der Waals surface area (Å²) in [5.74, 6) is -0.920. The third-order valence-corrected chi connectivity index (χ3v) is 2.87. The predicted octanol–water partition coefficient (Wildman–Crippen LogP) is -0.160. The number of nitrogens with one attached hydrogen (secondary N) is 1. The highest BCUT2D eigenvalue weighted by atomic mass is 16.4. The molecule has 1 heterocycles. The van der Waals surface area contributed by atoms with Crippen LogP contribution in [0.1, 0.15) is 19.8 Å². The molecule has 0 aliphatic carbocycles. The first-order chi connectivity index (χ1) is 7.57. The van der Waals surface area contributed by atoms with E-state index in [-0.39, 0.29) is 11.9 Å². The third-order valence-electron chi connectivity index (χ3n) is 2.87. The second kappa shape index (κ2) is 5.69. The number of hydrogen-bond acceptors (Lipinski definition) is 3. The minimum atomic E-state index is -0.932. The number of likely N-dealkylation sites (tertiary alicyclic amines) is 1. The molecule has 0 aromatic rings. The Kier molecular flexibility index (Phi) is 4.54. The van der Waals surface area contributed by atoms with E-state index in [9.17, 15) is 9.59 Å². The molecule has 0 spiro atoms. The summed E-state index contributed by atoms with van der Waals surface area (Å²) in [6.07, 6.45) is 1.44. The molecule has 92 valence electrons. The fourth-order valence-corrected chi connectivity index (χ4v) is 1.95. The number of carbonyl (C=O) groups excluding carboxylic acids is 1. The van der Waals surface area contributed by atoms with E-state index in [0.717, 1.165) is 6.42 Å². The molecule has 1 rings (SSSR count). The van der Waals surface area contributed by atoms with E-state index in [2.05, 4.69) is 5.32 Å². The van der Waals surface area contributed by atoms with Gasteiger partial charge in [-0.1, -0.05) is 6.92 Å². The first-order valence-corrected chi connectivity index (χ1v) is 5.55. The minimum absolute atomic E-state index is 0.0118. The maximum atomic E-state index is 11.7. The van der Waals surface area contributed by atoms with Crippen LogP contribution < -0.4 is 11.1 Å². The fourth-order valence-electron chi connectivity index (χ4n) is 1.95. The molecule has 6 nitrogen and oxygen atoms in total. The van der Waals surface area contributed by atoms with E-state index < -0.39 is 12.0 Å². The van der Waals surface area contributed by atoms with E-state index in [1.54, 1.807) is 0 Å². The van der Waals surface area contributed by atoms with Gasteiger partial charge in [0.25, 0.3) is 0 Å². The maximum Gasteiger partial charge on any atom is 0.326 e. The van der Waals surface area contributed by atoms with Crippen molar-refractivity contribution in [3.05, 3.63) is 0 Å². The van der Waals surface area contributed by atoms with Crippen molar-refractivity contribution in [1.82, 2.24) is 10.2 Å². The van der Waals surface area contributed by atoms with Crippen molar-refractivity contribution in [2.24, 2.45) is 11.7 Å². The van der Waals surface area contributed by atoms with Gasteiger partial charge in [-0.15, -0.1) is 0 Å². The van der Waals surface area contributed by atoms with Crippen molar-refractivity contribution >= 4 is 12.0 Å². The Morgan fingerprint density at radius 3 is 2.81 bits per heavy atom. The lowest BCUT2D eigenvalue weighted by Crippen LogP contribution is -2.47. The number of nitrogens with two attached hydrogens (primary N) is 1. The Balaban J connectivity index is 2.51. The zero-order chi connectivity index (χ0) is 12.1. The van der Waals surface area contributed by atoms with Crippen LogP contribution in [0, 0.1) is 5.92 Å². The van der Waals surface area contributed by atoms with Crippen LogP contribution in [0.4, 0.5) is 4.79 Å². The summed E-state index contributed by atoms with van der Waals surface area (Å²) in [7, 11) is 0. The monoisotopic (exact) mass is 229 g/mol. The van der Waals surface area contributed by atoms with E-state index in [1.807, 2.05) is 6.92 Å². The van der Waals surface area contributed by atoms with Crippen LogP contribution in [0.2, 0.25) is 0 Å². The van der Waals surface area contributed by atoms with Gasteiger partial charge in [0.05, 0.1) is 0 Å². The van der Waals surface area contributed by atoms with Gasteiger partial charge in [-0.2, -0.15) is 0 Å². The highest BCUT2D eigenvalue weighted by Gasteiger charge is 2.39. The average molecular weight is 229 g/mol. The highest BCUT2D eigenvalue weighted by molar-refractivity contribution is 5.83. The second-order valence-electron chi connectivity index (χ2n) is 4.12. The Morgan fingerprint density at radius 2 is 2.25 bits per heavy atom. The van der Waals surface area contributed by atoms with Crippen LogP contribution in [0.25, 0.3) is 0 Å². The van der Waals surface area contributed by atoms with Gasteiger partial charge in [-0.3, -0.25) is 0 Å². The van der Waals surface area contributed by atoms with Crippen LogP contribution >= 0.6 is 0 Å². The van der Waals surface area contributed by atoms with Crippen molar-refractivity contribution in [2.75, 3.05) is 19.6 Å². The molecule has 0 saturated carbocycles. The van der Waals surface area contributed by atoms with Crippen LogP contribution in [0.5, 0.6) is 0 Å². The van der Waals surface area contributed by atoms with Gasteiger partial charge < -0.3 is 21.1 Å². The SMILES string of the molecule is CC1CCN(C(=O)NCCCN)C1C(=O)O. The van der Waals surface area contributed by atoms with Crippen molar-refractivity contribution in [3.8, 4) is 0 Å². The third kappa shape index (κ3) is 2.85. The normalized spacial score (nSPS) is 24.5. The molecule has 1 aliphatic rings. The molecule has 6 heteroatoms. The Bertz CT molecular complexity index is 270. The Hall–Kier alpha value is -1.30. The Morgan fingerprint density at radius 1 is 1.56 bits per heavy atom. The molecule has 1 fully saturated rings. The van der Waals surface area contributed by atoms with E-state index in [4.69, 9.17) is 10.8 Å². The van der Waals surface area contributed by atoms with Gasteiger partial charge in [0.1, 0.15) is 6.04 Å². The molecular formula is C10H19N3O3. The predicted molar refractivity (Wildman–Crippen MR) is 59.0 cm³/mol. The lowest BCUT2D eigenvalue weighted by Gasteiger charge is -2.23. The summed E-state index contributed by atoms with van der Waals surface area (Å²) in [5.41, 5.74) is 5.31. The zero-order valence-corrected chi connectivity index (χ0v) is 9.48. The van der Waals surface area contributed by atoms with Gasteiger partial charge in [0.15, 0.2) is 0 Å². The van der Waals surface area contributed by atoms with Gasteiger partial charge >= 0.3 is 12.0 Å². The molecule has 0 aromatic carbocycles. The number of amides is 2. The summed E-state index contributed by atoms with van der Waals surface area (Å²) in [6, 6.07) is -0.997. The van der Waals surface area contributed by atoms with Gasteiger partial charge in [-0.25, -0.2) is 9.59 Å². The van der Waals surface area contributed by atoms with Crippen molar-refractivity contribution in [2.45, 2.75) is 25.8 Å². The van der Waals surface area contributed by atoms with Gasteiger partial charge in [-0.05, 0) is 25.3 Å². The second-order valence-corrected chi connectivity index (χ2v) is 4.12. The minimum Gasteiger partial charge on any atom is -0.480 e. The number of urea groups is 1. The highest BCUT2D eigenvalue weighted by Crippen LogP contribution is 2.23. The molecule has 2 atom stereocenters. The summed E-state index contributed by atoms with van der Waals surface area (Å²) in [6.45, 7) is 3.37. The van der Waals surface area contributed by atoms with Gasteiger partial charge in [0.2, 0.25) is 0 Å². The summed E-state index contributed by atoms with van der Waals surface area (Å²) < 4.78 is 0. The molecule has 4 N–H and O–H groups in total. The summed E-state index contributed by atoms with van der Waals surface area (Å²) >= 11 is 0. The maximum absolute atomic E-state index is 11.7. The lowest BCUT2D eigenvalue weighted by atomic mass is 10.0. The standard InChI is InChI=1S/C10H19N3O3/c1-7-3-6-13(8(7)9(14)15)10(16)12-5-2-4-11/h7-8H,2-6,11H2,1H3,(H,12,16)(H,14,15). The molecule has 0 radical (unpaired) electrons. The average Bonchev–Trinajstić information content (AvgIpc) is 2.60. The fraction of sp³-hybridized carbons (Fsp3) is 0.800. The molecule has 0 aromatic heterocycles. The van der Waals surface area contributed by atoms with E-state index in [1.165, 1.54) is 4.90 Å². The molecule has 2 amide bonds. The molecule has 1 saturated heterocycles. The zero-order valence-electron chi connectivity index (χ0n) is 9.48. The number of carboxylic acids is 1. The van der Waals surface area contributed by atoms with Crippen LogP contribution in [-0.4, -0.2) is 47.7 Å². The van der Waals surface area contributed by atoms with Crippen LogP contribution in [0.3, 0.4) is 0 Å². The number of carbonyl (C=O) groups is 2. The van der Waals surface area contributed by atoms with Gasteiger partial charge in [0, 0.05) is 13.1 Å². The number of hydrogen-bond donors (Lipinski definition) is 3. The largest absolute Gasteiger partial charge is 0.480 e. The molecular weight excluding hydrogens is 210 g/mol. The summed E-state index contributed by atoms with van der Waals surface area (Å²) in [4.78, 5) is 24.1. The quantitative estimate of drug-likeness (QED) is 0.584. The van der Waals surface area contributed by atoms with E-state index in [0.29, 0.717) is 26.1 Å². The first-order valence-electron chi connectivity index (χ1n) is 5.55. The van der Waals surface area contributed by atoms with E-state index >= 15 is 0 Å². The number of rotatable bonds is 4. The Labute approximate surface area is 94.8 Å². The number of carboxylic acid groups (broad SMARTS) is 1. The molecule has 1 aliphatic heterocycles.